The van der Waals surface area contributed by atoms with Crippen molar-refractivity contribution >= 4 is 16.1 Å². The van der Waals surface area contributed by atoms with Gasteiger partial charge in [0.2, 0.25) is 0 Å². The van der Waals surface area contributed by atoms with Gasteiger partial charge in [-0.3, -0.25) is 0 Å². The van der Waals surface area contributed by atoms with Crippen molar-refractivity contribution < 1.29 is 17.4 Å². The predicted octanol–water partition coefficient (Wildman–Crippen LogP) is 0.173. The van der Waals surface area contributed by atoms with Crippen LogP contribution in [0, 0.1) is 0 Å². The summed E-state index contributed by atoms with van der Waals surface area (Å²) in [5.41, 5.74) is 4.58. The van der Waals surface area contributed by atoms with Crippen molar-refractivity contribution in [3.63, 3.8) is 0 Å². The first-order valence-corrected chi connectivity index (χ1v) is 5.52. The highest BCUT2D eigenvalue weighted by molar-refractivity contribution is 7.87. The van der Waals surface area contributed by atoms with Crippen molar-refractivity contribution in [3.8, 4) is 0 Å². The molecule has 0 spiro atoms. The van der Waals surface area contributed by atoms with Gasteiger partial charge in [-0.1, -0.05) is 6.58 Å². The maximum Gasteiger partial charge on any atom is 0.348 e. The lowest BCUT2D eigenvalue weighted by molar-refractivity contribution is -0.129. The van der Waals surface area contributed by atoms with Gasteiger partial charge in [0.05, 0.1) is 0 Å². The molecule has 2 N–H and O–H groups in total. The Bertz CT molecular complexity index is 337. The van der Waals surface area contributed by atoms with Crippen molar-refractivity contribution in [2.75, 3.05) is 5.75 Å². The van der Waals surface area contributed by atoms with E-state index in [1.54, 1.807) is 0 Å². The highest BCUT2D eigenvalue weighted by Crippen LogP contribution is 2.07. The molecule has 0 rings (SSSR count). The molecule has 0 amide bonds. The van der Waals surface area contributed by atoms with Crippen molar-refractivity contribution in [1.29, 1.82) is 0 Å². The number of carbonyl (C=O) groups excluding carboxylic acids is 1. The zero-order valence-corrected chi connectivity index (χ0v) is 9.35. The second-order valence-electron chi connectivity index (χ2n) is 3.84. The molecule has 0 fully saturated rings. The molecule has 0 aromatic rings. The fraction of sp³-hybridized carbons (Fsp3) is 0.625. The van der Waals surface area contributed by atoms with Crippen molar-refractivity contribution in [2.45, 2.75) is 26.3 Å². The van der Waals surface area contributed by atoms with Crippen LogP contribution in [0.25, 0.3) is 0 Å². The third-order valence-electron chi connectivity index (χ3n) is 1.10. The van der Waals surface area contributed by atoms with Crippen LogP contribution in [0.5, 0.6) is 0 Å². The average Bonchev–Trinajstić information content (AvgIpc) is 1.78. The second-order valence-corrected chi connectivity index (χ2v) is 5.41. The number of hydrogen-bond acceptors (Lipinski definition) is 5. The minimum atomic E-state index is -3.92. The Morgan fingerprint density at radius 2 is 1.93 bits per heavy atom. The monoisotopic (exact) mass is 221 g/mol. The lowest BCUT2D eigenvalue weighted by Gasteiger charge is -2.17. The van der Waals surface area contributed by atoms with E-state index in [0.717, 1.165) is 0 Å². The Morgan fingerprint density at radius 1 is 1.50 bits per heavy atom. The van der Waals surface area contributed by atoms with Crippen LogP contribution in [0.4, 0.5) is 0 Å². The van der Waals surface area contributed by atoms with Gasteiger partial charge in [-0.05, 0) is 20.8 Å². The van der Waals surface area contributed by atoms with Crippen LogP contribution in [0.15, 0.2) is 12.2 Å². The van der Waals surface area contributed by atoms with E-state index in [1.807, 2.05) is 0 Å². The first kappa shape index (κ1) is 13.1. The molecular weight excluding hydrogens is 206 g/mol. The Morgan fingerprint density at radius 3 is 2.21 bits per heavy atom. The average molecular weight is 221 g/mol. The molecule has 5 nitrogen and oxygen atoms in total. The first-order valence-electron chi connectivity index (χ1n) is 3.94. The summed E-state index contributed by atoms with van der Waals surface area (Å²) >= 11 is 0. The van der Waals surface area contributed by atoms with Gasteiger partial charge in [-0.25, -0.2) is 4.79 Å². The molecule has 0 aliphatic rings. The minimum absolute atomic E-state index is 0.0309. The second kappa shape index (κ2) is 4.10. The minimum Gasteiger partial charge on any atom is -0.341 e. The molecule has 0 heterocycles. The maximum absolute atomic E-state index is 11.2. The van der Waals surface area contributed by atoms with Gasteiger partial charge in [0, 0.05) is 11.1 Å². The number of carbonyl (C=O) groups is 1. The molecule has 0 aromatic carbocycles. The zero-order valence-electron chi connectivity index (χ0n) is 8.53. The summed E-state index contributed by atoms with van der Waals surface area (Å²) in [6, 6.07) is 0. The number of nitrogens with two attached hydrogens (primary N) is 1. The van der Waals surface area contributed by atoms with Gasteiger partial charge in [0.1, 0.15) is 5.75 Å². The molecule has 0 atom stereocenters. The lowest BCUT2D eigenvalue weighted by atomic mass is 10.1. The van der Waals surface area contributed by atoms with E-state index >= 15 is 0 Å². The summed E-state index contributed by atoms with van der Waals surface area (Å²) in [7, 11) is -3.92. The summed E-state index contributed by atoms with van der Waals surface area (Å²) in [4.78, 5) is 10.9. The van der Waals surface area contributed by atoms with Crippen LogP contribution >= 0.6 is 0 Å². The van der Waals surface area contributed by atoms with Crippen LogP contribution in [0.2, 0.25) is 0 Å². The molecule has 6 heteroatoms. The smallest absolute Gasteiger partial charge is 0.341 e. The molecule has 0 saturated heterocycles. The van der Waals surface area contributed by atoms with Gasteiger partial charge in [-0.15, -0.1) is 0 Å². The molecule has 14 heavy (non-hydrogen) atoms. The number of rotatable bonds is 4. The highest BCUT2D eigenvalue weighted by Gasteiger charge is 2.25. The summed E-state index contributed by atoms with van der Waals surface area (Å²) in [5.74, 6) is -1.37. The SMILES string of the molecule is C=C(C)C(=O)OS(=O)(=O)CC(C)(C)N. The molecule has 0 bridgehead atoms. The third kappa shape index (κ3) is 5.71. The van der Waals surface area contributed by atoms with E-state index in [4.69, 9.17) is 5.73 Å². The lowest BCUT2D eigenvalue weighted by Crippen LogP contribution is -2.40. The summed E-state index contributed by atoms with van der Waals surface area (Å²) in [5, 5.41) is 0. The van der Waals surface area contributed by atoms with Crippen molar-refractivity contribution in [3.05, 3.63) is 12.2 Å². The normalized spacial score (nSPS) is 12.3. The fourth-order valence-electron chi connectivity index (χ4n) is 0.672. The quantitative estimate of drug-likeness (QED) is 0.540. The standard InChI is InChI=1S/C8H15NO4S/c1-6(2)7(10)13-14(11,12)5-8(3,4)9/h1,5,9H2,2-4H3. The molecular formula is C8H15NO4S. The van der Waals surface area contributed by atoms with E-state index in [0.29, 0.717) is 0 Å². The third-order valence-corrected chi connectivity index (χ3v) is 2.60. The van der Waals surface area contributed by atoms with Gasteiger partial charge in [0.15, 0.2) is 0 Å². The largest absolute Gasteiger partial charge is 0.348 e. The first-order chi connectivity index (χ1) is 6.03. The maximum atomic E-state index is 11.2. The van der Waals surface area contributed by atoms with E-state index in [-0.39, 0.29) is 5.57 Å². The van der Waals surface area contributed by atoms with Crippen LogP contribution in [-0.2, 0) is 19.1 Å². The Kier molecular flexibility index (Phi) is 3.84. The number of hydrogen-bond donors (Lipinski definition) is 1. The Balaban J connectivity index is 4.53. The molecule has 0 aliphatic heterocycles. The van der Waals surface area contributed by atoms with Gasteiger partial charge < -0.3 is 9.92 Å². The van der Waals surface area contributed by atoms with E-state index in [2.05, 4.69) is 10.8 Å². The van der Waals surface area contributed by atoms with E-state index in [9.17, 15) is 13.2 Å². The van der Waals surface area contributed by atoms with Crippen LogP contribution in [0.1, 0.15) is 20.8 Å². The Hall–Kier alpha value is -0.880. The molecule has 82 valence electrons. The summed E-state index contributed by atoms with van der Waals surface area (Å²) in [6.45, 7) is 7.69. The van der Waals surface area contributed by atoms with Gasteiger partial charge in [-0.2, -0.15) is 8.42 Å². The van der Waals surface area contributed by atoms with Crippen LogP contribution < -0.4 is 5.73 Å². The van der Waals surface area contributed by atoms with E-state index in [1.165, 1.54) is 20.8 Å². The molecule has 0 aromatic heterocycles. The van der Waals surface area contributed by atoms with Gasteiger partial charge >= 0.3 is 16.1 Å². The Labute approximate surface area is 84.1 Å². The molecule has 0 aliphatic carbocycles. The topological polar surface area (TPSA) is 86.5 Å². The molecule has 0 unspecified atom stereocenters. The molecule has 0 saturated carbocycles. The van der Waals surface area contributed by atoms with Crippen molar-refractivity contribution in [2.24, 2.45) is 5.73 Å². The van der Waals surface area contributed by atoms with E-state index < -0.39 is 27.4 Å². The zero-order chi connectivity index (χ0) is 11.6. The fourth-order valence-corrected chi connectivity index (χ4v) is 2.01. The summed E-state index contributed by atoms with van der Waals surface area (Å²) < 4.78 is 26.6. The summed E-state index contributed by atoms with van der Waals surface area (Å²) in [6.07, 6.45) is 0. The highest BCUT2D eigenvalue weighted by atomic mass is 32.2. The van der Waals surface area contributed by atoms with Gasteiger partial charge in [0.25, 0.3) is 0 Å². The predicted molar refractivity (Wildman–Crippen MR) is 53.0 cm³/mol. The van der Waals surface area contributed by atoms with Crippen LogP contribution in [-0.4, -0.2) is 25.7 Å². The van der Waals surface area contributed by atoms with Crippen molar-refractivity contribution in [1.82, 2.24) is 0 Å². The van der Waals surface area contributed by atoms with Crippen LogP contribution in [0.3, 0.4) is 0 Å². The molecule has 0 radical (unpaired) electrons.